The number of methoxy groups -OCH3 is 1. The van der Waals surface area contributed by atoms with Crippen LogP contribution in [0.3, 0.4) is 0 Å². The van der Waals surface area contributed by atoms with Crippen molar-refractivity contribution in [1.82, 2.24) is 0 Å². The molecule has 10 heavy (non-hydrogen) atoms. The molecule has 4 heteroatoms. The summed E-state index contributed by atoms with van der Waals surface area (Å²) in [5, 5.41) is 18.2. The third-order valence-corrected chi connectivity index (χ3v) is 1.60. The van der Waals surface area contributed by atoms with E-state index in [0.29, 0.717) is 13.0 Å². The Labute approximate surface area is 59.4 Å². The van der Waals surface area contributed by atoms with E-state index in [1.165, 1.54) is 7.11 Å². The zero-order chi connectivity index (χ0) is 7.56. The van der Waals surface area contributed by atoms with Crippen molar-refractivity contribution in [1.29, 1.82) is 0 Å². The van der Waals surface area contributed by atoms with E-state index in [-0.39, 0.29) is 0 Å². The SMILES string of the molecule is CO[C@H]1OCC[C@H](O)[C@H]1O. The average molecular weight is 148 g/mol. The van der Waals surface area contributed by atoms with Crippen molar-refractivity contribution in [2.45, 2.75) is 24.9 Å². The van der Waals surface area contributed by atoms with Crippen LogP contribution in [0.4, 0.5) is 0 Å². The summed E-state index contributed by atoms with van der Waals surface area (Å²) in [6, 6.07) is 0. The highest BCUT2D eigenvalue weighted by atomic mass is 16.7. The molecule has 1 heterocycles. The van der Waals surface area contributed by atoms with Gasteiger partial charge in [-0.3, -0.25) is 0 Å². The van der Waals surface area contributed by atoms with Crippen molar-refractivity contribution in [2.24, 2.45) is 0 Å². The van der Waals surface area contributed by atoms with Gasteiger partial charge in [0.25, 0.3) is 0 Å². The Kier molecular flexibility index (Phi) is 2.62. The molecule has 1 aliphatic rings. The van der Waals surface area contributed by atoms with Crippen LogP contribution in [-0.4, -0.2) is 42.4 Å². The van der Waals surface area contributed by atoms with Gasteiger partial charge in [0.15, 0.2) is 6.29 Å². The van der Waals surface area contributed by atoms with E-state index < -0.39 is 18.5 Å². The fourth-order valence-electron chi connectivity index (χ4n) is 0.963. The second-order valence-corrected chi connectivity index (χ2v) is 2.32. The first-order chi connectivity index (χ1) is 4.75. The third kappa shape index (κ3) is 1.46. The molecule has 2 N–H and O–H groups in total. The highest BCUT2D eigenvalue weighted by Crippen LogP contribution is 2.14. The summed E-state index contributed by atoms with van der Waals surface area (Å²) in [4.78, 5) is 0. The first-order valence-electron chi connectivity index (χ1n) is 3.26. The van der Waals surface area contributed by atoms with Gasteiger partial charge in [0.2, 0.25) is 0 Å². The van der Waals surface area contributed by atoms with Gasteiger partial charge in [0.1, 0.15) is 6.10 Å². The normalized spacial score (nSPS) is 41.7. The maximum absolute atomic E-state index is 9.14. The molecule has 1 aliphatic heterocycles. The Morgan fingerprint density at radius 2 is 2.20 bits per heavy atom. The summed E-state index contributed by atoms with van der Waals surface area (Å²) in [7, 11) is 1.44. The van der Waals surface area contributed by atoms with Gasteiger partial charge in [-0.2, -0.15) is 0 Å². The molecule has 3 atom stereocenters. The fourth-order valence-corrected chi connectivity index (χ4v) is 0.963. The standard InChI is InChI=1S/C6H12O4/c1-9-6-5(8)4(7)2-3-10-6/h4-8H,2-3H2,1H3/t4-,5+,6-/m0/s1. The van der Waals surface area contributed by atoms with Crippen LogP contribution in [0.15, 0.2) is 0 Å². The van der Waals surface area contributed by atoms with E-state index in [9.17, 15) is 0 Å². The van der Waals surface area contributed by atoms with Crippen molar-refractivity contribution in [3.8, 4) is 0 Å². The number of ether oxygens (including phenoxy) is 2. The van der Waals surface area contributed by atoms with Crippen molar-refractivity contribution >= 4 is 0 Å². The smallest absolute Gasteiger partial charge is 0.185 e. The Hall–Kier alpha value is -0.160. The van der Waals surface area contributed by atoms with Crippen LogP contribution in [0.1, 0.15) is 6.42 Å². The van der Waals surface area contributed by atoms with E-state index in [4.69, 9.17) is 19.7 Å². The molecule has 0 spiro atoms. The lowest BCUT2D eigenvalue weighted by Crippen LogP contribution is -2.45. The van der Waals surface area contributed by atoms with E-state index in [0.717, 1.165) is 0 Å². The summed E-state index contributed by atoms with van der Waals surface area (Å²) in [6.45, 7) is 0.441. The van der Waals surface area contributed by atoms with Gasteiger partial charge in [0.05, 0.1) is 12.7 Å². The first kappa shape index (κ1) is 7.94. The Bertz CT molecular complexity index is 106. The molecule has 1 saturated heterocycles. The summed E-state index contributed by atoms with van der Waals surface area (Å²) in [5.74, 6) is 0. The highest BCUT2D eigenvalue weighted by Gasteiger charge is 2.30. The van der Waals surface area contributed by atoms with E-state index in [1.54, 1.807) is 0 Å². The lowest BCUT2D eigenvalue weighted by molar-refractivity contribution is -0.232. The second-order valence-electron chi connectivity index (χ2n) is 2.32. The lowest BCUT2D eigenvalue weighted by Gasteiger charge is -2.30. The van der Waals surface area contributed by atoms with Crippen molar-refractivity contribution in [3.05, 3.63) is 0 Å². The predicted molar refractivity (Wildman–Crippen MR) is 33.4 cm³/mol. The van der Waals surface area contributed by atoms with Gasteiger partial charge in [0, 0.05) is 7.11 Å². The quantitative estimate of drug-likeness (QED) is 0.506. The fraction of sp³-hybridized carbons (Fsp3) is 1.00. The zero-order valence-electron chi connectivity index (χ0n) is 5.86. The van der Waals surface area contributed by atoms with Gasteiger partial charge in [-0.05, 0) is 6.42 Å². The number of hydrogen-bond donors (Lipinski definition) is 2. The Morgan fingerprint density at radius 1 is 1.50 bits per heavy atom. The number of hydrogen-bond acceptors (Lipinski definition) is 4. The van der Waals surface area contributed by atoms with Gasteiger partial charge in [-0.1, -0.05) is 0 Å². The summed E-state index contributed by atoms with van der Waals surface area (Å²) in [5.41, 5.74) is 0. The average Bonchev–Trinajstić information content (AvgIpc) is 1.95. The van der Waals surface area contributed by atoms with Gasteiger partial charge < -0.3 is 19.7 Å². The molecule has 60 valence electrons. The first-order valence-corrected chi connectivity index (χ1v) is 3.26. The van der Waals surface area contributed by atoms with Crippen LogP contribution in [0.5, 0.6) is 0 Å². The molecule has 1 fully saturated rings. The summed E-state index contributed by atoms with van der Waals surface area (Å²) in [6.07, 6.45) is -1.80. The van der Waals surface area contributed by atoms with Crippen LogP contribution >= 0.6 is 0 Å². The maximum Gasteiger partial charge on any atom is 0.185 e. The maximum atomic E-state index is 9.14. The van der Waals surface area contributed by atoms with Gasteiger partial charge >= 0.3 is 0 Å². The van der Waals surface area contributed by atoms with Gasteiger partial charge in [-0.15, -0.1) is 0 Å². The number of aliphatic hydroxyl groups is 2. The Balaban J connectivity index is 2.42. The molecule has 0 amide bonds. The molecule has 0 aliphatic carbocycles. The molecule has 0 bridgehead atoms. The minimum atomic E-state index is -0.904. The van der Waals surface area contributed by atoms with E-state index in [1.807, 2.05) is 0 Å². The van der Waals surface area contributed by atoms with Crippen LogP contribution in [0.2, 0.25) is 0 Å². The molecule has 4 nitrogen and oxygen atoms in total. The van der Waals surface area contributed by atoms with Crippen molar-refractivity contribution < 1.29 is 19.7 Å². The molecule has 0 radical (unpaired) electrons. The summed E-state index contributed by atoms with van der Waals surface area (Å²) >= 11 is 0. The number of aliphatic hydroxyl groups excluding tert-OH is 2. The topological polar surface area (TPSA) is 58.9 Å². The molecule has 0 aromatic rings. The van der Waals surface area contributed by atoms with Crippen LogP contribution < -0.4 is 0 Å². The molecular weight excluding hydrogens is 136 g/mol. The predicted octanol–water partition coefficient (Wildman–Crippen LogP) is -0.899. The third-order valence-electron chi connectivity index (χ3n) is 1.60. The monoisotopic (exact) mass is 148 g/mol. The highest BCUT2D eigenvalue weighted by molar-refractivity contribution is 4.74. The number of rotatable bonds is 1. The molecule has 0 aromatic carbocycles. The minimum absolute atomic E-state index is 0.441. The minimum Gasteiger partial charge on any atom is -0.390 e. The molecule has 0 saturated carbocycles. The van der Waals surface area contributed by atoms with E-state index in [2.05, 4.69) is 0 Å². The lowest BCUT2D eigenvalue weighted by atomic mass is 10.1. The molecular formula is C6H12O4. The zero-order valence-corrected chi connectivity index (χ0v) is 5.86. The van der Waals surface area contributed by atoms with E-state index >= 15 is 0 Å². The molecule has 0 unspecified atom stereocenters. The van der Waals surface area contributed by atoms with Crippen LogP contribution in [-0.2, 0) is 9.47 Å². The van der Waals surface area contributed by atoms with Crippen LogP contribution in [0.25, 0.3) is 0 Å². The largest absolute Gasteiger partial charge is 0.390 e. The molecule has 0 aromatic heterocycles. The van der Waals surface area contributed by atoms with Crippen molar-refractivity contribution in [3.63, 3.8) is 0 Å². The molecule has 1 rings (SSSR count). The Morgan fingerprint density at radius 3 is 2.70 bits per heavy atom. The van der Waals surface area contributed by atoms with Crippen LogP contribution in [0, 0.1) is 0 Å². The summed E-state index contributed by atoms with van der Waals surface area (Å²) < 4.78 is 9.72. The van der Waals surface area contributed by atoms with Crippen molar-refractivity contribution in [2.75, 3.05) is 13.7 Å². The second kappa shape index (κ2) is 3.30. The van der Waals surface area contributed by atoms with Gasteiger partial charge in [-0.25, -0.2) is 0 Å².